The van der Waals surface area contributed by atoms with E-state index in [4.69, 9.17) is 15.0 Å². The molecule has 0 fully saturated rings. The molecule has 0 saturated carbocycles. The lowest BCUT2D eigenvalue weighted by atomic mass is 9.89. The first-order chi connectivity index (χ1) is 31.7. The van der Waals surface area contributed by atoms with Gasteiger partial charge in [0.15, 0.2) is 17.5 Å². The van der Waals surface area contributed by atoms with Crippen LogP contribution in [-0.2, 0) is 0 Å². The first-order valence-corrected chi connectivity index (χ1v) is 21.5. The quantitative estimate of drug-likeness (QED) is 0.161. The molecule has 0 aliphatic heterocycles. The second-order valence-electron chi connectivity index (χ2n) is 16.3. The molecule has 10 aromatic carbocycles. The number of benzene rings is 10. The largest absolute Gasteiger partial charge is 0.208 e. The SMILES string of the molecule is N#Cc1c(-c2cccc(-c3ccc(-c4nc(-c5ccccc5)nc(-c5cccc6ccccc56)n4)cc3)c2)cccc1-c1cccc(-c2cc3c4c(cccc4c2)-c2ccccc2-3)c1. The van der Waals surface area contributed by atoms with Gasteiger partial charge in [0.1, 0.15) is 6.07 Å². The van der Waals surface area contributed by atoms with Gasteiger partial charge in [-0.25, -0.2) is 15.0 Å². The van der Waals surface area contributed by atoms with Crippen LogP contribution in [0.2, 0.25) is 0 Å². The molecular weight excluding hydrogens is 777 g/mol. The van der Waals surface area contributed by atoms with E-state index in [9.17, 15) is 5.26 Å². The maximum atomic E-state index is 10.8. The Kier molecular flexibility index (Phi) is 8.84. The van der Waals surface area contributed by atoms with Crippen LogP contribution < -0.4 is 0 Å². The Bertz CT molecular complexity index is 3670. The van der Waals surface area contributed by atoms with E-state index in [0.29, 0.717) is 23.0 Å². The van der Waals surface area contributed by atoms with Crippen molar-refractivity contribution in [3.8, 4) is 107 Å². The summed E-state index contributed by atoms with van der Waals surface area (Å²) in [6.07, 6.45) is 0. The van der Waals surface area contributed by atoms with E-state index >= 15 is 0 Å². The van der Waals surface area contributed by atoms with Gasteiger partial charge in [0, 0.05) is 27.8 Å². The maximum Gasteiger partial charge on any atom is 0.164 e. The van der Waals surface area contributed by atoms with Gasteiger partial charge >= 0.3 is 0 Å². The highest BCUT2D eigenvalue weighted by Crippen LogP contribution is 2.49. The van der Waals surface area contributed by atoms with Crippen molar-refractivity contribution < 1.29 is 0 Å². The highest BCUT2D eigenvalue weighted by molar-refractivity contribution is 6.16. The zero-order chi connectivity index (χ0) is 42.6. The molecule has 0 atom stereocenters. The number of hydrogen-bond donors (Lipinski definition) is 0. The van der Waals surface area contributed by atoms with Gasteiger partial charge in [0.05, 0.1) is 5.56 Å². The third-order valence-corrected chi connectivity index (χ3v) is 12.5. The van der Waals surface area contributed by atoms with Crippen molar-refractivity contribution in [2.45, 2.75) is 0 Å². The lowest BCUT2D eigenvalue weighted by Gasteiger charge is -2.13. The van der Waals surface area contributed by atoms with Crippen molar-refractivity contribution in [3.63, 3.8) is 0 Å². The molecule has 0 saturated heterocycles. The molecule has 0 spiro atoms. The van der Waals surface area contributed by atoms with E-state index in [0.717, 1.165) is 72.0 Å². The van der Waals surface area contributed by atoms with Crippen LogP contribution in [0.5, 0.6) is 0 Å². The van der Waals surface area contributed by atoms with E-state index in [-0.39, 0.29) is 0 Å². The standard InChI is InChI=1S/C60H36N4/c61-37-56-49(25-12-26-50(56)45-20-9-18-43(34-45)47-35-46-21-11-27-53-51-23-6-7-24-52(51)55(36-47)57(46)53)44-19-8-17-42(33-44)38-29-31-41(32-30-38)59-62-58(40-14-2-1-3-15-40)63-60(64-59)54-28-10-16-39-13-4-5-22-48(39)54/h1-36H. The van der Waals surface area contributed by atoms with Crippen molar-refractivity contribution in [2.75, 3.05) is 0 Å². The summed E-state index contributed by atoms with van der Waals surface area (Å²) in [6.45, 7) is 0. The molecule has 4 heteroatoms. The number of aromatic nitrogens is 3. The van der Waals surface area contributed by atoms with Gasteiger partial charge in [-0.1, -0.05) is 194 Å². The van der Waals surface area contributed by atoms with Crippen molar-refractivity contribution in [3.05, 3.63) is 224 Å². The topological polar surface area (TPSA) is 62.5 Å². The second kappa shape index (κ2) is 15.3. The summed E-state index contributed by atoms with van der Waals surface area (Å²) in [6, 6.07) is 78.7. The van der Waals surface area contributed by atoms with Crippen molar-refractivity contribution >= 4 is 21.5 Å². The molecule has 1 aromatic heterocycles. The fourth-order valence-corrected chi connectivity index (χ4v) is 9.44. The van der Waals surface area contributed by atoms with E-state index in [2.05, 4.69) is 176 Å². The van der Waals surface area contributed by atoms with Crippen molar-refractivity contribution in [1.82, 2.24) is 15.0 Å². The van der Waals surface area contributed by atoms with Crippen molar-refractivity contribution in [1.29, 1.82) is 5.26 Å². The molecule has 0 amide bonds. The van der Waals surface area contributed by atoms with Crippen LogP contribution in [0.25, 0.3) is 122 Å². The summed E-state index contributed by atoms with van der Waals surface area (Å²) >= 11 is 0. The molecule has 64 heavy (non-hydrogen) atoms. The molecule has 12 rings (SSSR count). The van der Waals surface area contributed by atoms with Crippen LogP contribution in [0.1, 0.15) is 5.56 Å². The number of rotatable bonds is 7. The van der Waals surface area contributed by atoms with Crippen LogP contribution in [0.15, 0.2) is 218 Å². The predicted octanol–water partition coefficient (Wildman–Crippen LogP) is 15.4. The van der Waals surface area contributed by atoms with Gasteiger partial charge in [-0.05, 0) is 101 Å². The average molecular weight is 813 g/mol. The number of nitrogens with zero attached hydrogens (tertiary/aromatic N) is 4. The minimum Gasteiger partial charge on any atom is -0.208 e. The lowest BCUT2D eigenvalue weighted by molar-refractivity contribution is 1.08. The number of nitriles is 1. The summed E-state index contributed by atoms with van der Waals surface area (Å²) < 4.78 is 0. The van der Waals surface area contributed by atoms with Crippen LogP contribution in [0.4, 0.5) is 0 Å². The Morgan fingerprint density at radius 1 is 0.281 bits per heavy atom. The third-order valence-electron chi connectivity index (χ3n) is 12.5. The maximum absolute atomic E-state index is 10.8. The van der Waals surface area contributed by atoms with Crippen LogP contribution in [0, 0.1) is 11.3 Å². The van der Waals surface area contributed by atoms with Gasteiger partial charge in [-0.3, -0.25) is 0 Å². The first-order valence-electron chi connectivity index (χ1n) is 21.5. The summed E-state index contributed by atoms with van der Waals surface area (Å²) in [5, 5.41) is 15.6. The van der Waals surface area contributed by atoms with Crippen molar-refractivity contribution in [2.24, 2.45) is 0 Å². The van der Waals surface area contributed by atoms with Gasteiger partial charge in [0.25, 0.3) is 0 Å². The molecule has 11 aromatic rings. The molecule has 1 aliphatic rings. The van der Waals surface area contributed by atoms with Gasteiger partial charge in [-0.15, -0.1) is 0 Å². The Morgan fingerprint density at radius 2 is 0.750 bits per heavy atom. The predicted molar refractivity (Wildman–Crippen MR) is 262 cm³/mol. The third kappa shape index (κ3) is 6.35. The molecule has 1 heterocycles. The van der Waals surface area contributed by atoms with E-state index < -0.39 is 0 Å². The Hall–Kier alpha value is -8.78. The zero-order valence-corrected chi connectivity index (χ0v) is 34.6. The highest BCUT2D eigenvalue weighted by Gasteiger charge is 2.22. The number of fused-ring (bicyclic) bond motifs is 4. The second-order valence-corrected chi connectivity index (χ2v) is 16.3. The van der Waals surface area contributed by atoms with Crippen LogP contribution in [-0.4, -0.2) is 15.0 Å². The molecule has 4 nitrogen and oxygen atoms in total. The van der Waals surface area contributed by atoms with Crippen LogP contribution in [0.3, 0.4) is 0 Å². The fourth-order valence-electron chi connectivity index (χ4n) is 9.44. The van der Waals surface area contributed by atoms with E-state index in [1.807, 2.05) is 48.5 Å². The molecule has 1 aliphatic carbocycles. The zero-order valence-electron chi connectivity index (χ0n) is 34.6. The summed E-state index contributed by atoms with van der Waals surface area (Å²) in [5.41, 5.74) is 16.7. The first kappa shape index (κ1) is 37.0. The molecule has 0 bridgehead atoms. The molecule has 0 unspecified atom stereocenters. The Morgan fingerprint density at radius 3 is 1.47 bits per heavy atom. The summed E-state index contributed by atoms with van der Waals surface area (Å²) in [7, 11) is 0. The fraction of sp³-hybridized carbons (Fsp3) is 0. The lowest BCUT2D eigenvalue weighted by Crippen LogP contribution is -2.00. The molecular formula is C60H36N4. The minimum absolute atomic E-state index is 0.607. The smallest absolute Gasteiger partial charge is 0.164 e. The van der Waals surface area contributed by atoms with Gasteiger partial charge < -0.3 is 0 Å². The minimum atomic E-state index is 0.607. The highest BCUT2D eigenvalue weighted by atomic mass is 15.0. The molecule has 0 N–H and O–H groups in total. The Labute approximate surface area is 371 Å². The molecule has 296 valence electrons. The summed E-state index contributed by atoms with van der Waals surface area (Å²) in [4.78, 5) is 15.0. The average Bonchev–Trinajstić information content (AvgIpc) is 3.70. The van der Waals surface area contributed by atoms with Gasteiger partial charge in [0.2, 0.25) is 0 Å². The summed E-state index contributed by atoms with van der Waals surface area (Å²) in [5.74, 6) is 1.86. The van der Waals surface area contributed by atoms with E-state index in [1.165, 1.54) is 33.0 Å². The van der Waals surface area contributed by atoms with E-state index in [1.54, 1.807) is 0 Å². The van der Waals surface area contributed by atoms with Crippen LogP contribution >= 0.6 is 0 Å². The number of hydrogen-bond acceptors (Lipinski definition) is 4. The molecule has 0 radical (unpaired) electrons. The monoisotopic (exact) mass is 812 g/mol. The Balaban J connectivity index is 0.880. The normalized spacial score (nSPS) is 11.4. The van der Waals surface area contributed by atoms with Gasteiger partial charge in [-0.2, -0.15) is 5.26 Å².